The van der Waals surface area contributed by atoms with E-state index in [9.17, 15) is 0 Å². The van der Waals surface area contributed by atoms with Crippen LogP contribution in [0.15, 0.2) is 0 Å². The maximum Gasteiger partial charge on any atom is 0.0701 e. The van der Waals surface area contributed by atoms with Crippen LogP contribution >= 0.6 is 0 Å². The molecule has 0 rings (SSSR count). The predicted molar refractivity (Wildman–Crippen MR) is 60.4 cm³/mol. The highest BCUT2D eigenvalue weighted by atomic mass is 16.5. The standard InChI is InChI=1S/C12H26O2/c1-6-7-10(2)11(12(3,4)5)14-9-8-13/h10-11,13H,6-9H2,1-5H3. The van der Waals surface area contributed by atoms with Gasteiger partial charge in [-0.1, -0.05) is 41.0 Å². The lowest BCUT2D eigenvalue weighted by atomic mass is 9.80. The minimum atomic E-state index is 0.116. The topological polar surface area (TPSA) is 29.5 Å². The molecule has 0 aliphatic heterocycles. The van der Waals surface area contributed by atoms with E-state index >= 15 is 0 Å². The monoisotopic (exact) mass is 202 g/mol. The first-order valence-corrected chi connectivity index (χ1v) is 5.66. The Morgan fingerprint density at radius 2 is 1.86 bits per heavy atom. The van der Waals surface area contributed by atoms with Crippen LogP contribution in [-0.4, -0.2) is 24.4 Å². The molecule has 0 heterocycles. The van der Waals surface area contributed by atoms with Crippen LogP contribution in [0.2, 0.25) is 0 Å². The molecule has 2 heteroatoms. The van der Waals surface area contributed by atoms with Gasteiger partial charge in [0.05, 0.1) is 19.3 Å². The SMILES string of the molecule is CCCC(C)C(OCCO)C(C)(C)C. The van der Waals surface area contributed by atoms with Crippen molar-refractivity contribution in [2.75, 3.05) is 13.2 Å². The van der Waals surface area contributed by atoms with Gasteiger partial charge in [0.25, 0.3) is 0 Å². The van der Waals surface area contributed by atoms with Crippen LogP contribution in [0.4, 0.5) is 0 Å². The molecular weight excluding hydrogens is 176 g/mol. The van der Waals surface area contributed by atoms with Crippen molar-refractivity contribution in [3.05, 3.63) is 0 Å². The van der Waals surface area contributed by atoms with E-state index in [0.29, 0.717) is 12.5 Å². The summed E-state index contributed by atoms with van der Waals surface area (Å²) in [6, 6.07) is 0. The zero-order valence-electron chi connectivity index (χ0n) is 10.3. The number of hydrogen-bond donors (Lipinski definition) is 1. The third-order valence-corrected chi connectivity index (χ3v) is 2.50. The molecule has 0 saturated heterocycles. The first-order chi connectivity index (χ1) is 6.43. The van der Waals surface area contributed by atoms with Gasteiger partial charge in [-0.25, -0.2) is 0 Å². The Morgan fingerprint density at radius 3 is 2.21 bits per heavy atom. The zero-order valence-corrected chi connectivity index (χ0v) is 10.3. The number of aliphatic hydroxyl groups excluding tert-OH is 1. The Bertz CT molecular complexity index is 138. The van der Waals surface area contributed by atoms with Gasteiger partial charge in [0.1, 0.15) is 0 Å². The number of rotatable bonds is 6. The summed E-state index contributed by atoms with van der Waals surface area (Å²) in [5.41, 5.74) is 0.157. The molecule has 2 unspecified atom stereocenters. The molecule has 0 aliphatic rings. The van der Waals surface area contributed by atoms with E-state index in [2.05, 4.69) is 34.6 Å². The van der Waals surface area contributed by atoms with E-state index in [1.165, 1.54) is 12.8 Å². The summed E-state index contributed by atoms with van der Waals surface area (Å²) in [4.78, 5) is 0. The Hall–Kier alpha value is -0.0800. The molecule has 0 fully saturated rings. The average Bonchev–Trinajstić information content (AvgIpc) is 2.03. The van der Waals surface area contributed by atoms with Gasteiger partial charge in [0, 0.05) is 0 Å². The van der Waals surface area contributed by atoms with Gasteiger partial charge in [-0.2, -0.15) is 0 Å². The fourth-order valence-corrected chi connectivity index (χ4v) is 2.05. The molecule has 86 valence electrons. The molecule has 0 radical (unpaired) electrons. The summed E-state index contributed by atoms with van der Waals surface area (Å²) in [6.45, 7) is 11.6. The van der Waals surface area contributed by atoms with Crippen molar-refractivity contribution in [1.29, 1.82) is 0 Å². The van der Waals surface area contributed by atoms with E-state index in [-0.39, 0.29) is 18.1 Å². The van der Waals surface area contributed by atoms with E-state index < -0.39 is 0 Å². The first kappa shape index (κ1) is 13.9. The second-order valence-electron chi connectivity index (χ2n) is 5.15. The maximum absolute atomic E-state index is 8.77. The minimum Gasteiger partial charge on any atom is -0.394 e. The first-order valence-electron chi connectivity index (χ1n) is 5.66. The molecule has 0 amide bonds. The molecule has 2 atom stereocenters. The number of ether oxygens (including phenoxy) is 1. The number of aliphatic hydroxyl groups is 1. The van der Waals surface area contributed by atoms with Crippen LogP contribution in [0.1, 0.15) is 47.5 Å². The Labute approximate surface area is 88.7 Å². The maximum atomic E-state index is 8.77. The van der Waals surface area contributed by atoms with Gasteiger partial charge in [-0.15, -0.1) is 0 Å². The fourth-order valence-electron chi connectivity index (χ4n) is 2.05. The van der Waals surface area contributed by atoms with Gasteiger partial charge in [0.15, 0.2) is 0 Å². The number of hydrogen-bond acceptors (Lipinski definition) is 2. The minimum absolute atomic E-state index is 0.116. The second-order valence-corrected chi connectivity index (χ2v) is 5.15. The molecule has 0 bridgehead atoms. The predicted octanol–water partition coefficient (Wildman–Crippen LogP) is 2.85. The zero-order chi connectivity index (χ0) is 11.2. The van der Waals surface area contributed by atoms with E-state index in [4.69, 9.17) is 9.84 Å². The average molecular weight is 202 g/mol. The molecule has 0 spiro atoms. The van der Waals surface area contributed by atoms with E-state index in [1.807, 2.05) is 0 Å². The van der Waals surface area contributed by atoms with Crippen molar-refractivity contribution in [3.63, 3.8) is 0 Å². The van der Waals surface area contributed by atoms with Gasteiger partial charge in [-0.05, 0) is 17.8 Å². The third-order valence-electron chi connectivity index (χ3n) is 2.50. The summed E-state index contributed by atoms with van der Waals surface area (Å²) < 4.78 is 5.72. The van der Waals surface area contributed by atoms with Gasteiger partial charge >= 0.3 is 0 Å². The summed E-state index contributed by atoms with van der Waals surface area (Å²) >= 11 is 0. The highest BCUT2D eigenvalue weighted by Crippen LogP contribution is 2.30. The van der Waals surface area contributed by atoms with Crippen molar-refractivity contribution in [2.45, 2.75) is 53.6 Å². The highest BCUT2D eigenvalue weighted by Gasteiger charge is 2.29. The van der Waals surface area contributed by atoms with Crippen molar-refractivity contribution >= 4 is 0 Å². The van der Waals surface area contributed by atoms with Crippen molar-refractivity contribution < 1.29 is 9.84 Å². The van der Waals surface area contributed by atoms with Crippen LogP contribution in [-0.2, 0) is 4.74 Å². The molecule has 0 aromatic carbocycles. The third kappa shape index (κ3) is 4.97. The molecular formula is C12H26O2. The lowest BCUT2D eigenvalue weighted by Crippen LogP contribution is -2.36. The molecule has 0 aromatic rings. The van der Waals surface area contributed by atoms with Gasteiger partial charge < -0.3 is 9.84 Å². The van der Waals surface area contributed by atoms with Crippen molar-refractivity contribution in [3.8, 4) is 0 Å². The van der Waals surface area contributed by atoms with E-state index in [0.717, 1.165) is 0 Å². The van der Waals surface area contributed by atoms with Crippen LogP contribution in [0.25, 0.3) is 0 Å². The molecule has 0 saturated carbocycles. The lowest BCUT2D eigenvalue weighted by molar-refractivity contribution is -0.0629. The van der Waals surface area contributed by atoms with Crippen LogP contribution in [0.3, 0.4) is 0 Å². The summed E-state index contributed by atoms with van der Waals surface area (Å²) in [7, 11) is 0. The molecule has 2 nitrogen and oxygen atoms in total. The summed E-state index contributed by atoms with van der Waals surface area (Å²) in [6.07, 6.45) is 2.62. The molecule has 14 heavy (non-hydrogen) atoms. The van der Waals surface area contributed by atoms with E-state index in [1.54, 1.807) is 0 Å². The smallest absolute Gasteiger partial charge is 0.0701 e. The Kier molecular flexibility index (Phi) is 6.38. The van der Waals surface area contributed by atoms with Gasteiger partial charge in [-0.3, -0.25) is 0 Å². The summed E-state index contributed by atoms with van der Waals surface area (Å²) in [5.74, 6) is 0.562. The largest absolute Gasteiger partial charge is 0.394 e. The Morgan fingerprint density at radius 1 is 1.29 bits per heavy atom. The second kappa shape index (κ2) is 6.41. The van der Waals surface area contributed by atoms with Crippen molar-refractivity contribution in [2.24, 2.45) is 11.3 Å². The molecule has 0 aliphatic carbocycles. The van der Waals surface area contributed by atoms with Crippen LogP contribution in [0.5, 0.6) is 0 Å². The fraction of sp³-hybridized carbons (Fsp3) is 1.00. The lowest BCUT2D eigenvalue weighted by Gasteiger charge is -2.35. The van der Waals surface area contributed by atoms with Crippen LogP contribution < -0.4 is 0 Å². The molecule has 0 aromatic heterocycles. The molecule has 1 N–H and O–H groups in total. The van der Waals surface area contributed by atoms with Crippen LogP contribution in [0, 0.1) is 11.3 Å². The quantitative estimate of drug-likeness (QED) is 0.717. The van der Waals surface area contributed by atoms with Gasteiger partial charge in [0.2, 0.25) is 0 Å². The normalized spacial score (nSPS) is 16.7. The van der Waals surface area contributed by atoms with Crippen molar-refractivity contribution in [1.82, 2.24) is 0 Å². The Balaban J connectivity index is 4.23. The highest BCUT2D eigenvalue weighted by molar-refractivity contribution is 4.79. The summed E-state index contributed by atoms with van der Waals surface area (Å²) in [5, 5.41) is 8.77.